The van der Waals surface area contributed by atoms with Gasteiger partial charge in [-0.3, -0.25) is 9.69 Å². The van der Waals surface area contributed by atoms with Gasteiger partial charge in [-0.1, -0.05) is 6.07 Å². The van der Waals surface area contributed by atoms with E-state index in [9.17, 15) is 9.18 Å². The van der Waals surface area contributed by atoms with Gasteiger partial charge in [0.2, 0.25) is 0 Å². The molecule has 1 aliphatic heterocycles. The maximum atomic E-state index is 13.6. The van der Waals surface area contributed by atoms with Crippen molar-refractivity contribution in [3.8, 4) is 0 Å². The van der Waals surface area contributed by atoms with Crippen LogP contribution in [0.25, 0.3) is 0 Å². The summed E-state index contributed by atoms with van der Waals surface area (Å²) in [5.41, 5.74) is 6.77. The molecule has 1 aliphatic rings. The Balaban J connectivity index is 0.00000242. The van der Waals surface area contributed by atoms with E-state index >= 15 is 0 Å². The number of nitrogens with zero attached hydrogens (tertiary/aromatic N) is 2. The summed E-state index contributed by atoms with van der Waals surface area (Å²) in [6.07, 6.45) is 0. The highest BCUT2D eigenvalue weighted by molar-refractivity contribution is 5.94. The molecule has 0 radical (unpaired) electrons. The molecular formula is C16H25ClFN3O. The molecule has 0 spiro atoms. The second kappa shape index (κ2) is 7.40. The summed E-state index contributed by atoms with van der Waals surface area (Å²) < 4.78 is 13.6. The van der Waals surface area contributed by atoms with Gasteiger partial charge in [0.15, 0.2) is 0 Å². The average molecular weight is 330 g/mol. The highest BCUT2D eigenvalue weighted by Gasteiger charge is 2.25. The Bertz CT molecular complexity index is 523. The van der Waals surface area contributed by atoms with Crippen molar-refractivity contribution in [3.05, 3.63) is 35.1 Å². The number of amides is 1. The third-order valence-electron chi connectivity index (χ3n) is 3.71. The van der Waals surface area contributed by atoms with E-state index in [2.05, 4.69) is 4.90 Å². The first-order valence-corrected chi connectivity index (χ1v) is 7.33. The van der Waals surface area contributed by atoms with Gasteiger partial charge in [0.25, 0.3) is 5.91 Å². The molecule has 2 N–H and O–H groups in total. The van der Waals surface area contributed by atoms with Crippen LogP contribution < -0.4 is 5.73 Å². The number of rotatable bonds is 3. The Labute approximate surface area is 137 Å². The normalized spacial score (nSPS) is 16.3. The van der Waals surface area contributed by atoms with Gasteiger partial charge in [-0.2, -0.15) is 0 Å². The first-order valence-electron chi connectivity index (χ1n) is 7.33. The molecular weight excluding hydrogens is 305 g/mol. The molecule has 0 aliphatic carbocycles. The minimum absolute atomic E-state index is 0. The number of carbonyl (C=O) groups excluding carboxylic acids is 1. The number of aryl methyl sites for hydroxylation is 1. The van der Waals surface area contributed by atoms with Crippen molar-refractivity contribution in [3.63, 3.8) is 0 Å². The largest absolute Gasteiger partial charge is 0.336 e. The molecule has 1 amide bonds. The smallest absolute Gasteiger partial charge is 0.254 e. The predicted octanol–water partition coefficient (Wildman–Crippen LogP) is 2.05. The monoisotopic (exact) mass is 329 g/mol. The molecule has 0 atom stereocenters. The lowest BCUT2D eigenvalue weighted by molar-refractivity contribution is 0.0615. The van der Waals surface area contributed by atoms with Gasteiger partial charge in [-0.05, 0) is 38.5 Å². The van der Waals surface area contributed by atoms with Crippen LogP contribution in [0.15, 0.2) is 18.2 Å². The summed E-state index contributed by atoms with van der Waals surface area (Å²) in [7, 11) is 0. The molecule has 6 heteroatoms. The van der Waals surface area contributed by atoms with Crippen LogP contribution in [0.5, 0.6) is 0 Å². The van der Waals surface area contributed by atoms with Gasteiger partial charge in [0, 0.05) is 43.8 Å². The lowest BCUT2D eigenvalue weighted by Crippen LogP contribution is -2.54. The molecule has 1 aromatic rings. The molecule has 1 fully saturated rings. The van der Waals surface area contributed by atoms with Crippen molar-refractivity contribution in [2.75, 3.05) is 32.7 Å². The van der Waals surface area contributed by atoms with E-state index in [1.807, 2.05) is 13.8 Å². The minimum atomic E-state index is -0.329. The summed E-state index contributed by atoms with van der Waals surface area (Å²) in [5, 5.41) is 0. The van der Waals surface area contributed by atoms with Gasteiger partial charge in [-0.15, -0.1) is 12.4 Å². The lowest BCUT2D eigenvalue weighted by Gasteiger charge is -2.37. The van der Waals surface area contributed by atoms with E-state index in [1.54, 1.807) is 24.0 Å². The number of carbonyl (C=O) groups is 1. The van der Waals surface area contributed by atoms with Gasteiger partial charge < -0.3 is 10.6 Å². The maximum absolute atomic E-state index is 13.6. The van der Waals surface area contributed by atoms with Crippen molar-refractivity contribution >= 4 is 18.3 Å². The number of nitrogens with two attached hydrogens (primary N) is 1. The maximum Gasteiger partial charge on any atom is 0.254 e. The second-order valence-electron chi connectivity index (χ2n) is 6.52. The van der Waals surface area contributed by atoms with E-state index in [4.69, 9.17) is 5.73 Å². The minimum Gasteiger partial charge on any atom is -0.336 e. The molecule has 0 saturated carbocycles. The quantitative estimate of drug-likeness (QED) is 0.923. The summed E-state index contributed by atoms with van der Waals surface area (Å²) in [4.78, 5) is 16.4. The van der Waals surface area contributed by atoms with Crippen LogP contribution in [-0.4, -0.2) is 54.0 Å². The molecule has 4 nitrogen and oxygen atoms in total. The van der Waals surface area contributed by atoms with E-state index in [1.165, 1.54) is 6.07 Å². The van der Waals surface area contributed by atoms with Crippen LogP contribution >= 0.6 is 12.4 Å². The van der Waals surface area contributed by atoms with Gasteiger partial charge in [-0.25, -0.2) is 4.39 Å². The Morgan fingerprint density at radius 2 is 1.86 bits per heavy atom. The Kier molecular flexibility index (Phi) is 6.35. The van der Waals surface area contributed by atoms with Crippen LogP contribution in [0.4, 0.5) is 4.39 Å². The summed E-state index contributed by atoms with van der Waals surface area (Å²) in [6, 6.07) is 4.67. The van der Waals surface area contributed by atoms with Crippen LogP contribution in [-0.2, 0) is 0 Å². The van der Waals surface area contributed by atoms with Crippen molar-refractivity contribution in [1.29, 1.82) is 0 Å². The number of hydrogen-bond acceptors (Lipinski definition) is 3. The van der Waals surface area contributed by atoms with Gasteiger partial charge in [0.1, 0.15) is 5.82 Å². The summed E-state index contributed by atoms with van der Waals surface area (Å²) >= 11 is 0. The van der Waals surface area contributed by atoms with Crippen molar-refractivity contribution < 1.29 is 9.18 Å². The summed E-state index contributed by atoms with van der Waals surface area (Å²) in [5.74, 6) is -0.426. The predicted molar refractivity (Wildman–Crippen MR) is 89.0 cm³/mol. The van der Waals surface area contributed by atoms with Crippen LogP contribution in [0, 0.1) is 12.7 Å². The standard InChI is InChI=1S/C16H24FN3O.ClH/c1-12-4-5-13(10-14(12)17)15(21)20-8-6-19(7-9-20)11-16(2,3)18;/h4-5,10H,6-9,11,18H2,1-3H3;1H. The van der Waals surface area contributed by atoms with E-state index in [0.29, 0.717) is 24.2 Å². The highest BCUT2D eigenvalue weighted by atomic mass is 35.5. The van der Waals surface area contributed by atoms with E-state index in [-0.39, 0.29) is 29.7 Å². The summed E-state index contributed by atoms with van der Waals surface area (Å²) in [6.45, 7) is 9.43. The second-order valence-corrected chi connectivity index (χ2v) is 6.52. The fourth-order valence-corrected chi connectivity index (χ4v) is 2.59. The first-order chi connectivity index (χ1) is 9.76. The van der Waals surface area contributed by atoms with Crippen molar-refractivity contribution in [2.24, 2.45) is 5.73 Å². The fraction of sp³-hybridized carbons (Fsp3) is 0.562. The molecule has 124 valence electrons. The van der Waals surface area contributed by atoms with Crippen LogP contribution in [0.2, 0.25) is 0 Å². The number of hydrogen-bond donors (Lipinski definition) is 1. The lowest BCUT2D eigenvalue weighted by atomic mass is 10.1. The molecule has 0 unspecified atom stereocenters. The molecule has 22 heavy (non-hydrogen) atoms. The number of halogens is 2. The first kappa shape index (κ1) is 18.9. The Hall–Kier alpha value is -1.17. The van der Waals surface area contributed by atoms with E-state index in [0.717, 1.165) is 19.6 Å². The average Bonchev–Trinajstić information content (AvgIpc) is 2.40. The SMILES string of the molecule is Cc1ccc(C(=O)N2CCN(CC(C)(C)N)CC2)cc1F.Cl. The Morgan fingerprint density at radius 3 is 2.36 bits per heavy atom. The number of benzene rings is 1. The molecule has 1 aromatic carbocycles. The third kappa shape index (κ3) is 4.93. The zero-order chi connectivity index (χ0) is 15.6. The molecule has 0 aromatic heterocycles. The number of piperazine rings is 1. The zero-order valence-electron chi connectivity index (χ0n) is 13.4. The molecule has 1 saturated heterocycles. The third-order valence-corrected chi connectivity index (χ3v) is 3.71. The van der Waals surface area contributed by atoms with Gasteiger partial charge >= 0.3 is 0 Å². The molecule has 2 rings (SSSR count). The molecule has 0 bridgehead atoms. The highest BCUT2D eigenvalue weighted by Crippen LogP contribution is 2.14. The van der Waals surface area contributed by atoms with Crippen molar-refractivity contribution in [2.45, 2.75) is 26.3 Å². The van der Waals surface area contributed by atoms with E-state index < -0.39 is 0 Å². The van der Waals surface area contributed by atoms with Gasteiger partial charge in [0.05, 0.1) is 0 Å². The van der Waals surface area contributed by atoms with Crippen molar-refractivity contribution in [1.82, 2.24) is 9.80 Å². The Morgan fingerprint density at radius 1 is 1.27 bits per heavy atom. The van der Waals surface area contributed by atoms with Crippen LogP contribution in [0.1, 0.15) is 29.8 Å². The topological polar surface area (TPSA) is 49.6 Å². The van der Waals surface area contributed by atoms with Crippen LogP contribution in [0.3, 0.4) is 0 Å². The molecule has 1 heterocycles. The fourth-order valence-electron chi connectivity index (χ4n) is 2.59. The zero-order valence-corrected chi connectivity index (χ0v) is 14.3.